The molecular weight excluding hydrogens is 376 g/mol. The molecule has 0 saturated heterocycles. The van der Waals surface area contributed by atoms with E-state index < -0.39 is 0 Å². The SMILES string of the molecule is Cc1ccc(Nc2nnc(SCC(=O)Nc3cccc(Cl)c3)s2)cc1. The molecule has 0 atom stereocenters. The smallest absolute Gasteiger partial charge is 0.234 e. The Hall–Kier alpha value is -2.09. The van der Waals surface area contributed by atoms with E-state index in [2.05, 4.69) is 20.8 Å². The van der Waals surface area contributed by atoms with Crippen LogP contribution in [0.2, 0.25) is 5.02 Å². The van der Waals surface area contributed by atoms with Gasteiger partial charge in [-0.3, -0.25) is 4.79 Å². The number of aryl methyl sites for hydroxylation is 1. The summed E-state index contributed by atoms with van der Waals surface area (Å²) in [4.78, 5) is 12.0. The predicted molar refractivity (Wildman–Crippen MR) is 105 cm³/mol. The fourth-order valence-corrected chi connectivity index (χ4v) is 3.73. The van der Waals surface area contributed by atoms with Crippen LogP contribution in [0, 0.1) is 6.92 Å². The molecule has 0 aliphatic rings. The first-order valence-electron chi connectivity index (χ1n) is 7.44. The van der Waals surface area contributed by atoms with Crippen molar-refractivity contribution in [3.63, 3.8) is 0 Å². The van der Waals surface area contributed by atoms with E-state index in [1.807, 2.05) is 31.2 Å². The van der Waals surface area contributed by atoms with E-state index >= 15 is 0 Å². The third-order valence-corrected chi connectivity index (χ3v) is 5.35. The first-order valence-corrected chi connectivity index (χ1v) is 9.62. The van der Waals surface area contributed by atoms with E-state index in [1.165, 1.54) is 28.7 Å². The highest BCUT2D eigenvalue weighted by Crippen LogP contribution is 2.28. The number of carbonyl (C=O) groups excluding carboxylic acids is 1. The van der Waals surface area contributed by atoms with E-state index in [1.54, 1.807) is 24.3 Å². The molecule has 5 nitrogen and oxygen atoms in total. The molecule has 1 aromatic heterocycles. The van der Waals surface area contributed by atoms with Gasteiger partial charge in [-0.2, -0.15) is 0 Å². The number of hydrogen-bond acceptors (Lipinski definition) is 6. The second-order valence-corrected chi connectivity index (χ2v) is 7.85. The number of nitrogens with one attached hydrogen (secondary N) is 2. The quantitative estimate of drug-likeness (QED) is 0.581. The normalized spacial score (nSPS) is 10.5. The monoisotopic (exact) mass is 390 g/mol. The minimum absolute atomic E-state index is 0.115. The Bertz CT molecular complexity index is 867. The molecule has 3 rings (SSSR count). The molecule has 0 bridgehead atoms. The summed E-state index contributed by atoms with van der Waals surface area (Å²) in [6.07, 6.45) is 0. The summed E-state index contributed by atoms with van der Waals surface area (Å²) in [7, 11) is 0. The first kappa shape index (κ1) is 17.7. The van der Waals surface area contributed by atoms with Crippen LogP contribution in [0.3, 0.4) is 0 Å². The van der Waals surface area contributed by atoms with Crippen molar-refractivity contribution in [3.8, 4) is 0 Å². The number of benzene rings is 2. The molecule has 0 aliphatic heterocycles. The highest BCUT2D eigenvalue weighted by atomic mass is 35.5. The van der Waals surface area contributed by atoms with Crippen LogP contribution >= 0.6 is 34.7 Å². The van der Waals surface area contributed by atoms with Crippen molar-refractivity contribution in [1.29, 1.82) is 0 Å². The largest absolute Gasteiger partial charge is 0.330 e. The maximum Gasteiger partial charge on any atom is 0.234 e. The van der Waals surface area contributed by atoms with Gasteiger partial charge in [0.1, 0.15) is 0 Å². The van der Waals surface area contributed by atoms with Gasteiger partial charge in [0.05, 0.1) is 5.75 Å². The number of amides is 1. The van der Waals surface area contributed by atoms with Crippen LogP contribution in [-0.4, -0.2) is 21.9 Å². The second kappa shape index (κ2) is 8.33. The highest BCUT2D eigenvalue weighted by molar-refractivity contribution is 8.01. The summed E-state index contributed by atoms with van der Waals surface area (Å²) in [5.74, 6) is 0.140. The van der Waals surface area contributed by atoms with E-state index in [-0.39, 0.29) is 11.7 Å². The zero-order valence-electron chi connectivity index (χ0n) is 13.3. The molecule has 3 aromatic rings. The van der Waals surface area contributed by atoms with E-state index in [9.17, 15) is 4.79 Å². The van der Waals surface area contributed by atoms with Crippen LogP contribution in [0.25, 0.3) is 0 Å². The zero-order chi connectivity index (χ0) is 17.6. The van der Waals surface area contributed by atoms with Gasteiger partial charge < -0.3 is 10.6 Å². The summed E-state index contributed by atoms with van der Waals surface area (Å²) < 4.78 is 0.732. The Morgan fingerprint density at radius 3 is 2.72 bits per heavy atom. The molecule has 25 heavy (non-hydrogen) atoms. The molecule has 2 aromatic carbocycles. The van der Waals surface area contributed by atoms with Crippen LogP contribution in [0.5, 0.6) is 0 Å². The van der Waals surface area contributed by atoms with Crippen molar-refractivity contribution in [2.45, 2.75) is 11.3 Å². The van der Waals surface area contributed by atoms with Crippen molar-refractivity contribution in [2.75, 3.05) is 16.4 Å². The van der Waals surface area contributed by atoms with E-state index in [4.69, 9.17) is 11.6 Å². The molecule has 1 heterocycles. The van der Waals surface area contributed by atoms with Crippen molar-refractivity contribution < 1.29 is 4.79 Å². The van der Waals surface area contributed by atoms with Crippen LogP contribution in [0.1, 0.15) is 5.56 Å². The molecule has 1 amide bonds. The van der Waals surface area contributed by atoms with Crippen LogP contribution in [0.4, 0.5) is 16.5 Å². The van der Waals surface area contributed by atoms with Gasteiger partial charge in [0.15, 0.2) is 4.34 Å². The van der Waals surface area contributed by atoms with Crippen molar-refractivity contribution in [3.05, 3.63) is 59.1 Å². The maximum atomic E-state index is 12.0. The van der Waals surface area contributed by atoms with Gasteiger partial charge in [-0.25, -0.2) is 0 Å². The molecule has 128 valence electrons. The first-order chi connectivity index (χ1) is 12.1. The number of aromatic nitrogens is 2. The van der Waals surface area contributed by atoms with Crippen molar-refractivity contribution >= 4 is 57.1 Å². The minimum Gasteiger partial charge on any atom is -0.330 e. The zero-order valence-corrected chi connectivity index (χ0v) is 15.7. The van der Waals surface area contributed by atoms with Crippen molar-refractivity contribution in [1.82, 2.24) is 10.2 Å². The van der Waals surface area contributed by atoms with Gasteiger partial charge in [0, 0.05) is 16.4 Å². The van der Waals surface area contributed by atoms with Gasteiger partial charge in [-0.15, -0.1) is 10.2 Å². The number of hydrogen-bond donors (Lipinski definition) is 2. The topological polar surface area (TPSA) is 66.9 Å². The second-order valence-electron chi connectivity index (χ2n) is 5.21. The van der Waals surface area contributed by atoms with Gasteiger partial charge >= 0.3 is 0 Å². The molecule has 0 spiro atoms. The Labute approximate surface area is 158 Å². The number of anilines is 3. The third-order valence-electron chi connectivity index (χ3n) is 3.14. The lowest BCUT2D eigenvalue weighted by Gasteiger charge is -2.04. The van der Waals surface area contributed by atoms with Gasteiger partial charge in [-0.05, 0) is 37.3 Å². The number of thioether (sulfide) groups is 1. The van der Waals surface area contributed by atoms with Gasteiger partial charge in [-0.1, -0.05) is 58.5 Å². The molecule has 0 aliphatic carbocycles. The number of carbonyl (C=O) groups is 1. The molecule has 0 fully saturated rings. The maximum absolute atomic E-state index is 12.0. The average molecular weight is 391 g/mol. The molecule has 0 unspecified atom stereocenters. The Morgan fingerprint density at radius 2 is 1.96 bits per heavy atom. The Kier molecular flexibility index (Phi) is 5.91. The molecule has 8 heteroatoms. The summed E-state index contributed by atoms with van der Waals surface area (Å²) in [6, 6.07) is 15.1. The fourth-order valence-electron chi connectivity index (χ4n) is 1.97. The van der Waals surface area contributed by atoms with Crippen LogP contribution in [0.15, 0.2) is 52.9 Å². The Balaban J connectivity index is 1.51. The lowest BCUT2D eigenvalue weighted by atomic mass is 10.2. The summed E-state index contributed by atoms with van der Waals surface area (Å²) in [5, 5.41) is 15.5. The third kappa shape index (κ3) is 5.45. The summed E-state index contributed by atoms with van der Waals surface area (Å²) in [5.41, 5.74) is 2.83. The predicted octanol–water partition coefficient (Wildman–Crippen LogP) is 4.97. The molecule has 0 radical (unpaired) electrons. The summed E-state index contributed by atoms with van der Waals surface area (Å²) in [6.45, 7) is 2.04. The van der Waals surface area contributed by atoms with Gasteiger partial charge in [0.2, 0.25) is 11.0 Å². The van der Waals surface area contributed by atoms with Crippen LogP contribution in [-0.2, 0) is 4.79 Å². The van der Waals surface area contributed by atoms with Crippen molar-refractivity contribution in [2.24, 2.45) is 0 Å². The number of nitrogens with zero attached hydrogens (tertiary/aromatic N) is 2. The Morgan fingerprint density at radius 1 is 1.16 bits per heavy atom. The average Bonchev–Trinajstić information content (AvgIpc) is 3.03. The molecular formula is C17H15ClN4OS2. The summed E-state index contributed by atoms with van der Waals surface area (Å²) >= 11 is 8.66. The van der Waals surface area contributed by atoms with Crippen LogP contribution < -0.4 is 10.6 Å². The lowest BCUT2D eigenvalue weighted by Crippen LogP contribution is -2.13. The van der Waals surface area contributed by atoms with E-state index in [0.717, 1.165) is 10.0 Å². The molecule has 2 N–H and O–H groups in total. The lowest BCUT2D eigenvalue weighted by molar-refractivity contribution is -0.113. The molecule has 0 saturated carbocycles. The minimum atomic E-state index is -0.115. The fraction of sp³-hybridized carbons (Fsp3) is 0.118. The number of halogens is 1. The number of rotatable bonds is 6. The standard InChI is InChI=1S/C17H15ClN4OS2/c1-11-5-7-13(8-6-11)20-16-21-22-17(25-16)24-10-15(23)19-14-4-2-3-12(18)9-14/h2-9H,10H2,1H3,(H,19,23)(H,20,21). The highest BCUT2D eigenvalue weighted by Gasteiger charge is 2.09. The van der Waals surface area contributed by atoms with E-state index in [0.29, 0.717) is 15.8 Å². The van der Waals surface area contributed by atoms with Gasteiger partial charge in [0.25, 0.3) is 0 Å².